The number of hydrogen-bond acceptors (Lipinski definition) is 3. The SMILES string of the molecule is CC(C)COCCCC(=O)NN. The molecule has 0 aliphatic rings. The molecule has 0 saturated carbocycles. The van der Waals surface area contributed by atoms with Crippen LogP contribution in [0.25, 0.3) is 0 Å². The highest BCUT2D eigenvalue weighted by atomic mass is 16.5. The number of carbonyl (C=O) groups excluding carboxylic acids is 1. The summed E-state index contributed by atoms with van der Waals surface area (Å²) in [6.45, 7) is 5.56. The summed E-state index contributed by atoms with van der Waals surface area (Å²) < 4.78 is 5.27. The first-order chi connectivity index (χ1) is 5.66. The summed E-state index contributed by atoms with van der Waals surface area (Å²) in [6.07, 6.45) is 1.17. The third kappa shape index (κ3) is 7.50. The van der Waals surface area contributed by atoms with Crippen LogP contribution in [0.5, 0.6) is 0 Å². The average molecular weight is 174 g/mol. The Morgan fingerprint density at radius 3 is 2.75 bits per heavy atom. The van der Waals surface area contributed by atoms with E-state index in [0.29, 0.717) is 18.9 Å². The van der Waals surface area contributed by atoms with Crippen LogP contribution < -0.4 is 11.3 Å². The maximum absolute atomic E-state index is 10.6. The maximum atomic E-state index is 10.6. The minimum atomic E-state index is -0.136. The molecule has 0 heterocycles. The molecule has 4 nitrogen and oxygen atoms in total. The molecule has 0 unspecified atom stereocenters. The number of hydrazine groups is 1. The lowest BCUT2D eigenvalue weighted by atomic mass is 10.2. The Morgan fingerprint density at radius 2 is 2.25 bits per heavy atom. The van der Waals surface area contributed by atoms with Crippen molar-refractivity contribution in [3.05, 3.63) is 0 Å². The van der Waals surface area contributed by atoms with Gasteiger partial charge in [0.2, 0.25) is 5.91 Å². The average Bonchev–Trinajstić information content (AvgIpc) is 2.03. The van der Waals surface area contributed by atoms with Gasteiger partial charge in [-0.25, -0.2) is 5.84 Å². The van der Waals surface area contributed by atoms with Crippen LogP contribution in [0.3, 0.4) is 0 Å². The van der Waals surface area contributed by atoms with Crippen LogP contribution in [0.2, 0.25) is 0 Å². The number of amides is 1. The van der Waals surface area contributed by atoms with Gasteiger partial charge >= 0.3 is 0 Å². The Hall–Kier alpha value is -0.610. The van der Waals surface area contributed by atoms with E-state index in [1.54, 1.807) is 0 Å². The number of nitrogens with one attached hydrogen (secondary N) is 1. The van der Waals surface area contributed by atoms with Gasteiger partial charge in [0.15, 0.2) is 0 Å². The molecule has 0 fully saturated rings. The fourth-order valence-corrected chi connectivity index (χ4v) is 0.726. The molecule has 0 atom stereocenters. The zero-order valence-electron chi connectivity index (χ0n) is 7.80. The van der Waals surface area contributed by atoms with Crippen molar-refractivity contribution in [1.29, 1.82) is 0 Å². The van der Waals surface area contributed by atoms with Gasteiger partial charge in [-0.15, -0.1) is 0 Å². The zero-order valence-corrected chi connectivity index (χ0v) is 7.80. The smallest absolute Gasteiger partial charge is 0.233 e. The highest BCUT2D eigenvalue weighted by Gasteiger charge is 1.98. The fraction of sp³-hybridized carbons (Fsp3) is 0.875. The van der Waals surface area contributed by atoms with Crippen LogP contribution >= 0.6 is 0 Å². The van der Waals surface area contributed by atoms with Crippen LogP contribution in [0, 0.1) is 5.92 Å². The molecule has 0 aliphatic heterocycles. The van der Waals surface area contributed by atoms with Gasteiger partial charge in [-0.2, -0.15) is 0 Å². The molecule has 12 heavy (non-hydrogen) atoms. The first kappa shape index (κ1) is 11.4. The summed E-state index contributed by atoms with van der Waals surface area (Å²) in [5.74, 6) is 5.31. The first-order valence-electron chi connectivity index (χ1n) is 4.24. The second-order valence-electron chi connectivity index (χ2n) is 3.14. The molecule has 0 aliphatic carbocycles. The van der Waals surface area contributed by atoms with Crippen molar-refractivity contribution < 1.29 is 9.53 Å². The predicted molar refractivity (Wildman–Crippen MR) is 47.2 cm³/mol. The van der Waals surface area contributed by atoms with Crippen LogP contribution in [0.1, 0.15) is 26.7 Å². The van der Waals surface area contributed by atoms with Gasteiger partial charge in [-0.05, 0) is 12.3 Å². The summed E-state index contributed by atoms with van der Waals surface area (Å²) in [6, 6.07) is 0. The van der Waals surface area contributed by atoms with Gasteiger partial charge in [0.05, 0.1) is 0 Å². The van der Waals surface area contributed by atoms with Gasteiger partial charge in [-0.1, -0.05) is 13.8 Å². The van der Waals surface area contributed by atoms with Gasteiger partial charge in [0, 0.05) is 19.6 Å². The molecule has 72 valence electrons. The van der Waals surface area contributed by atoms with E-state index in [1.165, 1.54) is 0 Å². The Labute approximate surface area is 73.4 Å². The lowest BCUT2D eigenvalue weighted by Crippen LogP contribution is -2.29. The van der Waals surface area contributed by atoms with Gasteiger partial charge in [-0.3, -0.25) is 10.2 Å². The van der Waals surface area contributed by atoms with Crippen LogP contribution in [0.15, 0.2) is 0 Å². The van der Waals surface area contributed by atoms with Crippen molar-refractivity contribution in [2.24, 2.45) is 11.8 Å². The molecule has 0 aromatic rings. The van der Waals surface area contributed by atoms with E-state index in [2.05, 4.69) is 19.3 Å². The van der Waals surface area contributed by atoms with Crippen LogP contribution in [-0.2, 0) is 9.53 Å². The third-order valence-corrected chi connectivity index (χ3v) is 1.30. The first-order valence-corrected chi connectivity index (χ1v) is 4.24. The fourth-order valence-electron chi connectivity index (χ4n) is 0.726. The monoisotopic (exact) mass is 174 g/mol. The molecule has 0 bridgehead atoms. The van der Waals surface area contributed by atoms with Gasteiger partial charge < -0.3 is 4.74 Å². The Balaban J connectivity index is 3.05. The Kier molecular flexibility index (Phi) is 6.70. The highest BCUT2D eigenvalue weighted by Crippen LogP contribution is 1.95. The highest BCUT2D eigenvalue weighted by molar-refractivity contribution is 5.75. The van der Waals surface area contributed by atoms with Crippen LogP contribution in [-0.4, -0.2) is 19.1 Å². The van der Waals surface area contributed by atoms with E-state index >= 15 is 0 Å². The molecule has 0 rings (SSSR count). The Bertz CT molecular complexity index is 126. The predicted octanol–water partition coefficient (Wildman–Crippen LogP) is 0.429. The summed E-state index contributed by atoms with van der Waals surface area (Å²) in [5, 5.41) is 0. The molecule has 3 N–H and O–H groups in total. The van der Waals surface area contributed by atoms with E-state index < -0.39 is 0 Å². The van der Waals surface area contributed by atoms with Crippen molar-refractivity contribution in [3.63, 3.8) is 0 Å². The molecule has 1 amide bonds. The minimum absolute atomic E-state index is 0.136. The maximum Gasteiger partial charge on any atom is 0.233 e. The van der Waals surface area contributed by atoms with Gasteiger partial charge in [0.1, 0.15) is 0 Å². The van der Waals surface area contributed by atoms with Crippen molar-refractivity contribution in [2.75, 3.05) is 13.2 Å². The largest absolute Gasteiger partial charge is 0.381 e. The quantitative estimate of drug-likeness (QED) is 0.265. The van der Waals surface area contributed by atoms with Crippen molar-refractivity contribution in [2.45, 2.75) is 26.7 Å². The zero-order chi connectivity index (χ0) is 9.40. The molecule has 0 radical (unpaired) electrons. The molecular formula is C8H18N2O2. The van der Waals surface area contributed by atoms with Crippen LogP contribution in [0.4, 0.5) is 0 Å². The van der Waals surface area contributed by atoms with Crippen molar-refractivity contribution >= 4 is 5.91 Å². The van der Waals surface area contributed by atoms with E-state index in [1.807, 2.05) is 0 Å². The lowest BCUT2D eigenvalue weighted by molar-refractivity contribution is -0.121. The third-order valence-electron chi connectivity index (χ3n) is 1.30. The van der Waals surface area contributed by atoms with E-state index in [-0.39, 0.29) is 5.91 Å². The topological polar surface area (TPSA) is 64.3 Å². The molecule has 0 aromatic carbocycles. The summed E-state index contributed by atoms with van der Waals surface area (Å²) >= 11 is 0. The normalized spacial score (nSPS) is 10.3. The lowest BCUT2D eigenvalue weighted by Gasteiger charge is -2.05. The summed E-state index contributed by atoms with van der Waals surface area (Å²) in [7, 11) is 0. The van der Waals surface area contributed by atoms with E-state index in [0.717, 1.165) is 13.0 Å². The Morgan fingerprint density at radius 1 is 1.58 bits per heavy atom. The second-order valence-corrected chi connectivity index (χ2v) is 3.14. The van der Waals surface area contributed by atoms with E-state index in [9.17, 15) is 4.79 Å². The number of ether oxygens (including phenoxy) is 1. The number of carbonyl (C=O) groups is 1. The van der Waals surface area contributed by atoms with Crippen molar-refractivity contribution in [1.82, 2.24) is 5.43 Å². The van der Waals surface area contributed by atoms with Crippen molar-refractivity contribution in [3.8, 4) is 0 Å². The molecule has 0 aromatic heterocycles. The molecule has 4 heteroatoms. The minimum Gasteiger partial charge on any atom is -0.381 e. The molecular weight excluding hydrogens is 156 g/mol. The number of rotatable bonds is 6. The summed E-state index contributed by atoms with van der Waals surface area (Å²) in [4.78, 5) is 10.6. The second kappa shape index (κ2) is 7.06. The number of hydrogen-bond donors (Lipinski definition) is 2. The van der Waals surface area contributed by atoms with Gasteiger partial charge in [0.25, 0.3) is 0 Å². The summed E-state index contributed by atoms with van der Waals surface area (Å²) in [5.41, 5.74) is 2.07. The van der Waals surface area contributed by atoms with E-state index in [4.69, 9.17) is 10.6 Å². The molecule has 0 saturated heterocycles. The number of nitrogens with two attached hydrogens (primary N) is 1. The standard InChI is InChI=1S/C8H18N2O2/c1-7(2)6-12-5-3-4-8(11)10-9/h7H,3-6,9H2,1-2H3,(H,10,11). The molecule has 0 spiro atoms.